The van der Waals surface area contributed by atoms with Crippen LogP contribution in [0.2, 0.25) is 0 Å². The first kappa shape index (κ1) is 20.6. The average molecular weight is 412 g/mol. The molecule has 2 aliphatic rings. The maximum absolute atomic E-state index is 12.3. The predicted octanol–water partition coefficient (Wildman–Crippen LogP) is 3.27. The van der Waals surface area contributed by atoms with E-state index < -0.39 is 30.2 Å². The van der Waals surface area contributed by atoms with E-state index >= 15 is 0 Å². The van der Waals surface area contributed by atoms with Crippen LogP contribution >= 0.6 is 11.8 Å². The lowest BCUT2D eigenvalue weighted by atomic mass is 10.1. The molecule has 0 radical (unpaired) electrons. The van der Waals surface area contributed by atoms with Crippen molar-refractivity contribution in [3.05, 3.63) is 24.3 Å². The van der Waals surface area contributed by atoms with E-state index in [9.17, 15) is 23.2 Å². The fourth-order valence-electron chi connectivity index (χ4n) is 3.63. The fraction of sp³-hybridized carbons (Fsp3) is 0.526. The Balaban J connectivity index is 1.43. The van der Waals surface area contributed by atoms with Crippen LogP contribution in [0.4, 0.5) is 14.5 Å². The molecule has 2 amide bonds. The van der Waals surface area contributed by atoms with Crippen LogP contribution in [0.25, 0.3) is 0 Å². The van der Waals surface area contributed by atoms with Crippen LogP contribution in [0.5, 0.6) is 0 Å². The zero-order valence-electron chi connectivity index (χ0n) is 15.2. The molecule has 0 bridgehead atoms. The number of carbonyl (C=O) groups is 3. The van der Waals surface area contributed by atoms with Crippen molar-refractivity contribution in [2.45, 2.75) is 48.8 Å². The van der Waals surface area contributed by atoms with Gasteiger partial charge in [0.05, 0.1) is 5.92 Å². The molecule has 0 unspecified atom stereocenters. The van der Waals surface area contributed by atoms with E-state index in [0.717, 1.165) is 25.7 Å². The second-order valence-electron chi connectivity index (χ2n) is 6.94. The molecule has 1 heterocycles. The third-order valence-electron chi connectivity index (χ3n) is 4.97. The molecule has 152 valence electrons. The maximum Gasteiger partial charge on any atom is 0.311 e. The van der Waals surface area contributed by atoms with E-state index in [1.807, 2.05) is 0 Å². The van der Waals surface area contributed by atoms with Crippen molar-refractivity contribution in [1.82, 2.24) is 4.90 Å². The van der Waals surface area contributed by atoms with Gasteiger partial charge in [0.2, 0.25) is 5.91 Å². The van der Waals surface area contributed by atoms with E-state index in [1.165, 1.54) is 24.3 Å². The second kappa shape index (κ2) is 9.36. The van der Waals surface area contributed by atoms with Gasteiger partial charge in [0.15, 0.2) is 6.61 Å². The third-order valence-corrected chi connectivity index (χ3v) is 5.69. The summed E-state index contributed by atoms with van der Waals surface area (Å²) >= 11 is 0.417. The van der Waals surface area contributed by atoms with Crippen LogP contribution in [-0.2, 0) is 19.1 Å². The topological polar surface area (TPSA) is 75.7 Å². The summed E-state index contributed by atoms with van der Waals surface area (Å²) in [6.07, 6.45) is 4.28. The van der Waals surface area contributed by atoms with Crippen molar-refractivity contribution in [2.75, 3.05) is 18.5 Å². The monoisotopic (exact) mass is 412 g/mol. The number of amides is 2. The van der Waals surface area contributed by atoms with Crippen molar-refractivity contribution in [1.29, 1.82) is 0 Å². The molecule has 1 saturated heterocycles. The summed E-state index contributed by atoms with van der Waals surface area (Å²) in [6, 6.07) is 6.17. The molecule has 1 saturated carbocycles. The summed E-state index contributed by atoms with van der Waals surface area (Å²) in [5.41, 5.74) is 0.420. The first-order valence-corrected chi connectivity index (χ1v) is 10.1. The molecule has 1 aromatic rings. The lowest BCUT2D eigenvalue weighted by molar-refractivity contribution is -0.151. The molecular formula is C19H22F2N2O4S. The van der Waals surface area contributed by atoms with Gasteiger partial charge in [0.25, 0.3) is 11.7 Å². The van der Waals surface area contributed by atoms with E-state index in [2.05, 4.69) is 5.32 Å². The van der Waals surface area contributed by atoms with Gasteiger partial charge in [0.1, 0.15) is 0 Å². The highest BCUT2D eigenvalue weighted by molar-refractivity contribution is 7.99. The highest BCUT2D eigenvalue weighted by Gasteiger charge is 2.39. The standard InChI is InChI=1S/C19H22F2N2O4S/c20-19(21)28-15-7-5-13(6-8-15)22-16(24)11-27-18(26)12-9-17(25)23(10-12)14-3-1-2-4-14/h5-8,12,14,19H,1-4,9-11H2,(H,22,24)/t12-/m1/s1. The van der Waals surface area contributed by atoms with Crippen LogP contribution in [0, 0.1) is 5.92 Å². The molecule has 1 aromatic carbocycles. The molecule has 1 aliphatic carbocycles. The van der Waals surface area contributed by atoms with Gasteiger partial charge in [-0.3, -0.25) is 14.4 Å². The number of benzene rings is 1. The number of thioether (sulfide) groups is 1. The van der Waals surface area contributed by atoms with Gasteiger partial charge >= 0.3 is 5.97 Å². The molecule has 1 N–H and O–H groups in total. The van der Waals surface area contributed by atoms with E-state index in [0.29, 0.717) is 28.9 Å². The first-order chi connectivity index (χ1) is 13.4. The van der Waals surface area contributed by atoms with Gasteiger partial charge in [-0.25, -0.2) is 0 Å². The zero-order valence-corrected chi connectivity index (χ0v) is 16.1. The largest absolute Gasteiger partial charge is 0.455 e. The molecule has 1 aliphatic heterocycles. The summed E-state index contributed by atoms with van der Waals surface area (Å²) < 4.78 is 29.6. The number of hydrogen-bond acceptors (Lipinski definition) is 5. The Bertz CT molecular complexity index is 723. The summed E-state index contributed by atoms with van der Waals surface area (Å²) in [5.74, 6) is -4.15. The summed E-state index contributed by atoms with van der Waals surface area (Å²) in [4.78, 5) is 38.4. The van der Waals surface area contributed by atoms with Crippen LogP contribution in [-0.4, -0.2) is 47.6 Å². The molecule has 1 atom stereocenters. The van der Waals surface area contributed by atoms with E-state index in [-0.39, 0.29) is 18.4 Å². The number of anilines is 1. The predicted molar refractivity (Wildman–Crippen MR) is 100.0 cm³/mol. The van der Waals surface area contributed by atoms with Crippen LogP contribution in [0.3, 0.4) is 0 Å². The number of hydrogen-bond donors (Lipinski definition) is 1. The zero-order chi connectivity index (χ0) is 20.1. The quantitative estimate of drug-likeness (QED) is 0.550. The lowest BCUT2D eigenvalue weighted by Crippen LogP contribution is -2.35. The fourth-order valence-corrected chi connectivity index (χ4v) is 4.13. The van der Waals surface area contributed by atoms with E-state index in [4.69, 9.17) is 4.74 Å². The number of likely N-dealkylation sites (tertiary alicyclic amines) is 1. The van der Waals surface area contributed by atoms with Gasteiger partial charge in [-0.2, -0.15) is 8.78 Å². The Morgan fingerprint density at radius 3 is 2.54 bits per heavy atom. The minimum atomic E-state index is -2.51. The van der Waals surface area contributed by atoms with Crippen molar-refractivity contribution in [2.24, 2.45) is 5.92 Å². The van der Waals surface area contributed by atoms with Crippen molar-refractivity contribution in [3.63, 3.8) is 0 Å². The molecule has 28 heavy (non-hydrogen) atoms. The van der Waals surface area contributed by atoms with Crippen molar-refractivity contribution in [3.8, 4) is 0 Å². The smallest absolute Gasteiger partial charge is 0.311 e. The second-order valence-corrected chi connectivity index (χ2v) is 8.01. The highest BCUT2D eigenvalue weighted by Crippen LogP contribution is 2.30. The van der Waals surface area contributed by atoms with Gasteiger partial charge in [-0.05, 0) is 37.1 Å². The minimum absolute atomic E-state index is 0.0277. The number of nitrogens with one attached hydrogen (secondary N) is 1. The molecular weight excluding hydrogens is 390 g/mol. The molecule has 3 rings (SSSR count). The van der Waals surface area contributed by atoms with Gasteiger partial charge in [-0.15, -0.1) is 0 Å². The Hall–Kier alpha value is -2.16. The number of esters is 1. The Kier molecular flexibility index (Phi) is 6.88. The molecule has 9 heteroatoms. The van der Waals surface area contributed by atoms with Crippen LogP contribution in [0.15, 0.2) is 29.2 Å². The summed E-state index contributed by atoms with van der Waals surface area (Å²) in [5, 5.41) is 2.54. The number of halogens is 2. The lowest BCUT2D eigenvalue weighted by Gasteiger charge is -2.23. The van der Waals surface area contributed by atoms with Gasteiger partial charge in [-0.1, -0.05) is 24.6 Å². The van der Waals surface area contributed by atoms with Crippen LogP contribution in [0.1, 0.15) is 32.1 Å². The molecule has 0 spiro atoms. The number of alkyl halides is 2. The SMILES string of the molecule is O=C(COC(=O)[C@@H]1CC(=O)N(C2CCCC2)C1)Nc1ccc(SC(F)F)cc1. The number of rotatable bonds is 7. The van der Waals surface area contributed by atoms with Gasteiger partial charge in [0, 0.05) is 29.6 Å². The van der Waals surface area contributed by atoms with Crippen molar-refractivity contribution < 1.29 is 27.9 Å². The maximum atomic E-state index is 12.3. The average Bonchev–Trinajstić information content (AvgIpc) is 3.30. The Morgan fingerprint density at radius 1 is 1.21 bits per heavy atom. The Labute approximate surface area is 166 Å². The van der Waals surface area contributed by atoms with Gasteiger partial charge < -0.3 is 15.0 Å². The molecule has 0 aromatic heterocycles. The summed E-state index contributed by atoms with van der Waals surface area (Å²) in [7, 11) is 0. The number of carbonyl (C=O) groups excluding carboxylic acids is 3. The summed E-state index contributed by atoms with van der Waals surface area (Å²) in [6.45, 7) is -0.103. The Morgan fingerprint density at radius 2 is 1.89 bits per heavy atom. The first-order valence-electron chi connectivity index (χ1n) is 9.23. The van der Waals surface area contributed by atoms with Crippen LogP contribution < -0.4 is 5.32 Å². The number of nitrogens with zero attached hydrogens (tertiary/aromatic N) is 1. The molecule has 2 fully saturated rings. The minimum Gasteiger partial charge on any atom is -0.455 e. The third kappa shape index (κ3) is 5.43. The highest BCUT2D eigenvalue weighted by atomic mass is 32.2. The van der Waals surface area contributed by atoms with Crippen molar-refractivity contribution >= 4 is 35.2 Å². The number of ether oxygens (including phenoxy) is 1. The molecule has 6 nitrogen and oxygen atoms in total. The van der Waals surface area contributed by atoms with E-state index in [1.54, 1.807) is 4.90 Å². The normalized spacial score (nSPS) is 20.0.